The molecule has 114 valence electrons. The van der Waals surface area contributed by atoms with Crippen LogP contribution in [0.15, 0.2) is 59.4 Å². The first-order valence-electron chi connectivity index (χ1n) is 7.37. The third-order valence-electron chi connectivity index (χ3n) is 4.15. The maximum Gasteiger partial charge on any atom is 0.283 e. The van der Waals surface area contributed by atoms with E-state index in [1.54, 1.807) is 9.13 Å². The molecule has 0 aliphatic rings. The summed E-state index contributed by atoms with van der Waals surface area (Å²) < 4.78 is 3.46. The first-order valence-corrected chi connectivity index (χ1v) is 7.37. The number of fused-ring (bicyclic) bond motifs is 3. The number of nitrogens with zero attached hydrogens (tertiary/aromatic N) is 3. The van der Waals surface area contributed by atoms with Gasteiger partial charge in [-0.25, -0.2) is 4.98 Å². The summed E-state index contributed by atoms with van der Waals surface area (Å²) in [5.41, 5.74) is 2.57. The van der Waals surface area contributed by atoms with Crippen LogP contribution < -0.4 is 5.56 Å². The van der Waals surface area contributed by atoms with Crippen molar-refractivity contribution < 1.29 is 5.11 Å². The highest BCUT2D eigenvalue weighted by Crippen LogP contribution is 2.25. The number of hydrogen-bond donors (Lipinski definition) is 1. The lowest BCUT2D eigenvalue weighted by Crippen LogP contribution is -2.19. The van der Waals surface area contributed by atoms with Gasteiger partial charge in [0.15, 0.2) is 5.52 Å². The third kappa shape index (κ3) is 1.90. The Bertz CT molecular complexity index is 1080. The molecule has 5 nitrogen and oxygen atoms in total. The van der Waals surface area contributed by atoms with Crippen LogP contribution in [0, 0.1) is 0 Å². The van der Waals surface area contributed by atoms with Gasteiger partial charge < -0.3 is 9.67 Å². The molecule has 2 heterocycles. The lowest BCUT2D eigenvalue weighted by molar-refractivity contribution is 0.268. The van der Waals surface area contributed by atoms with Crippen LogP contribution in [-0.2, 0) is 13.7 Å². The van der Waals surface area contributed by atoms with Crippen LogP contribution in [0.2, 0.25) is 0 Å². The minimum atomic E-state index is -0.204. The second-order valence-corrected chi connectivity index (χ2v) is 5.44. The molecule has 5 heteroatoms. The van der Waals surface area contributed by atoms with Crippen molar-refractivity contribution >= 4 is 21.9 Å². The molecule has 4 aromatic rings. The van der Waals surface area contributed by atoms with Crippen LogP contribution in [-0.4, -0.2) is 19.2 Å². The van der Waals surface area contributed by atoms with Gasteiger partial charge in [0.25, 0.3) is 5.56 Å². The molecular formula is C18H15N3O2. The van der Waals surface area contributed by atoms with E-state index in [0.717, 1.165) is 22.1 Å². The summed E-state index contributed by atoms with van der Waals surface area (Å²) in [4.78, 5) is 17.4. The van der Waals surface area contributed by atoms with Crippen molar-refractivity contribution in [3.8, 4) is 5.69 Å². The lowest BCUT2D eigenvalue weighted by Gasteiger charge is -2.11. The molecule has 0 aliphatic heterocycles. The Morgan fingerprint density at radius 1 is 1.04 bits per heavy atom. The van der Waals surface area contributed by atoms with Crippen molar-refractivity contribution in [3.63, 3.8) is 0 Å². The average Bonchev–Trinajstić information content (AvgIpc) is 2.93. The van der Waals surface area contributed by atoms with Gasteiger partial charge in [-0.05, 0) is 18.2 Å². The van der Waals surface area contributed by atoms with E-state index in [1.807, 2.05) is 61.6 Å². The third-order valence-corrected chi connectivity index (χ3v) is 4.15. The molecule has 23 heavy (non-hydrogen) atoms. The van der Waals surface area contributed by atoms with Gasteiger partial charge in [0.2, 0.25) is 0 Å². The van der Waals surface area contributed by atoms with Gasteiger partial charge in [-0.15, -0.1) is 0 Å². The molecule has 0 unspecified atom stereocenters. The standard InChI is InChI=1S/C18H15N3O2/c1-20-15(11-22)19-16-17(20)13-9-5-6-10-14(13)21(18(16)23)12-7-3-2-4-8-12/h2-10,22H,11H2,1H3. The van der Waals surface area contributed by atoms with Gasteiger partial charge in [0, 0.05) is 18.1 Å². The SMILES string of the molecule is Cn1c(CO)nc2c(=O)n(-c3ccccc3)c3ccccc3c21. The van der Waals surface area contributed by atoms with Crippen LogP contribution in [0.1, 0.15) is 5.82 Å². The number of aliphatic hydroxyl groups excluding tert-OH is 1. The Labute approximate surface area is 132 Å². The van der Waals surface area contributed by atoms with Crippen molar-refractivity contribution in [2.75, 3.05) is 0 Å². The number of rotatable bonds is 2. The molecule has 0 radical (unpaired) electrons. The number of para-hydroxylation sites is 2. The van der Waals surface area contributed by atoms with Crippen LogP contribution in [0.3, 0.4) is 0 Å². The van der Waals surface area contributed by atoms with Gasteiger partial charge in [-0.3, -0.25) is 9.36 Å². The number of aliphatic hydroxyl groups is 1. The Balaban J connectivity index is 2.27. The van der Waals surface area contributed by atoms with Gasteiger partial charge in [-0.2, -0.15) is 0 Å². The quantitative estimate of drug-likeness (QED) is 0.618. The number of aryl methyl sites for hydroxylation is 1. The van der Waals surface area contributed by atoms with Crippen LogP contribution >= 0.6 is 0 Å². The van der Waals surface area contributed by atoms with Gasteiger partial charge in [0.05, 0.1) is 11.0 Å². The molecule has 0 saturated carbocycles. The second kappa shape index (κ2) is 5.07. The predicted molar refractivity (Wildman–Crippen MR) is 89.7 cm³/mol. The summed E-state index contributed by atoms with van der Waals surface area (Å²) in [6.45, 7) is -0.204. The molecule has 2 aromatic carbocycles. The number of benzene rings is 2. The summed E-state index contributed by atoms with van der Waals surface area (Å²) in [6.07, 6.45) is 0. The van der Waals surface area contributed by atoms with Gasteiger partial charge >= 0.3 is 0 Å². The molecule has 0 fully saturated rings. The van der Waals surface area contributed by atoms with Crippen LogP contribution in [0.4, 0.5) is 0 Å². The number of aromatic nitrogens is 3. The first-order chi connectivity index (χ1) is 11.2. The summed E-state index contributed by atoms with van der Waals surface area (Å²) in [6, 6.07) is 17.3. The Hall–Kier alpha value is -2.92. The molecular weight excluding hydrogens is 290 g/mol. The molecule has 4 rings (SSSR count). The number of imidazole rings is 1. The highest BCUT2D eigenvalue weighted by molar-refractivity contribution is 6.03. The molecule has 0 aliphatic carbocycles. The summed E-state index contributed by atoms with van der Waals surface area (Å²) in [5, 5.41) is 10.4. The number of pyridine rings is 1. The minimum Gasteiger partial charge on any atom is -0.388 e. The molecule has 0 bridgehead atoms. The fraction of sp³-hybridized carbons (Fsp3) is 0.111. The maximum atomic E-state index is 13.0. The predicted octanol–water partition coefficient (Wildman–Crippen LogP) is 2.37. The molecule has 0 saturated heterocycles. The number of hydrogen-bond acceptors (Lipinski definition) is 3. The van der Waals surface area contributed by atoms with Crippen molar-refractivity contribution in [1.29, 1.82) is 0 Å². The van der Waals surface area contributed by atoms with E-state index in [9.17, 15) is 9.90 Å². The largest absolute Gasteiger partial charge is 0.388 e. The molecule has 0 amide bonds. The Morgan fingerprint density at radius 3 is 2.48 bits per heavy atom. The van der Waals surface area contributed by atoms with E-state index < -0.39 is 0 Å². The fourth-order valence-electron chi connectivity index (χ4n) is 3.06. The summed E-state index contributed by atoms with van der Waals surface area (Å²) >= 11 is 0. The molecule has 2 aromatic heterocycles. The maximum absolute atomic E-state index is 13.0. The fourth-order valence-corrected chi connectivity index (χ4v) is 3.06. The highest BCUT2D eigenvalue weighted by Gasteiger charge is 2.17. The zero-order valence-corrected chi connectivity index (χ0v) is 12.6. The molecule has 0 atom stereocenters. The first kappa shape index (κ1) is 13.7. The van der Waals surface area contributed by atoms with Gasteiger partial charge in [0.1, 0.15) is 12.4 Å². The topological polar surface area (TPSA) is 60.0 Å². The normalized spacial score (nSPS) is 11.4. The Morgan fingerprint density at radius 2 is 1.74 bits per heavy atom. The zero-order valence-electron chi connectivity index (χ0n) is 12.6. The van der Waals surface area contributed by atoms with Crippen molar-refractivity contribution in [2.24, 2.45) is 7.05 Å². The van der Waals surface area contributed by atoms with Crippen LogP contribution in [0.5, 0.6) is 0 Å². The van der Waals surface area contributed by atoms with E-state index in [0.29, 0.717) is 11.3 Å². The van der Waals surface area contributed by atoms with E-state index in [4.69, 9.17) is 0 Å². The lowest BCUT2D eigenvalue weighted by atomic mass is 10.1. The Kier molecular flexibility index (Phi) is 3.02. The summed E-state index contributed by atoms with van der Waals surface area (Å²) in [5.74, 6) is 0.480. The van der Waals surface area contributed by atoms with Crippen molar-refractivity contribution in [1.82, 2.24) is 14.1 Å². The monoisotopic (exact) mass is 305 g/mol. The van der Waals surface area contributed by atoms with Crippen molar-refractivity contribution in [3.05, 3.63) is 70.8 Å². The van der Waals surface area contributed by atoms with E-state index in [2.05, 4.69) is 4.98 Å². The average molecular weight is 305 g/mol. The summed E-state index contributed by atoms with van der Waals surface area (Å²) in [7, 11) is 1.82. The van der Waals surface area contributed by atoms with E-state index in [1.165, 1.54) is 0 Å². The smallest absolute Gasteiger partial charge is 0.283 e. The van der Waals surface area contributed by atoms with Crippen molar-refractivity contribution in [2.45, 2.75) is 6.61 Å². The van der Waals surface area contributed by atoms with E-state index >= 15 is 0 Å². The second-order valence-electron chi connectivity index (χ2n) is 5.44. The van der Waals surface area contributed by atoms with E-state index in [-0.39, 0.29) is 12.2 Å². The van der Waals surface area contributed by atoms with Gasteiger partial charge in [-0.1, -0.05) is 36.4 Å². The highest BCUT2D eigenvalue weighted by atomic mass is 16.3. The zero-order chi connectivity index (χ0) is 16.0. The minimum absolute atomic E-state index is 0.180. The molecule has 0 spiro atoms. The molecule has 1 N–H and O–H groups in total. The van der Waals surface area contributed by atoms with Crippen LogP contribution in [0.25, 0.3) is 27.6 Å².